The predicted molar refractivity (Wildman–Crippen MR) is 76.0 cm³/mol. The molecule has 0 aliphatic carbocycles. The second-order valence-electron chi connectivity index (χ2n) is 3.88. The number of hydrogen-bond donors (Lipinski definition) is 2. The number of carbonyl (C=O) groups is 2. The van der Waals surface area contributed by atoms with Crippen LogP contribution in [0.3, 0.4) is 0 Å². The molecule has 1 heterocycles. The van der Waals surface area contributed by atoms with Gasteiger partial charge in [-0.1, -0.05) is 11.6 Å². The summed E-state index contributed by atoms with van der Waals surface area (Å²) >= 11 is 9.05. The van der Waals surface area contributed by atoms with E-state index in [1.165, 1.54) is 12.1 Å². The van der Waals surface area contributed by atoms with Gasteiger partial charge in [-0.25, -0.2) is 4.79 Å². The Morgan fingerprint density at radius 2 is 2.05 bits per heavy atom. The molecule has 0 unspecified atom stereocenters. The van der Waals surface area contributed by atoms with E-state index in [-0.39, 0.29) is 18.2 Å². The van der Waals surface area contributed by atoms with Gasteiger partial charge in [0.1, 0.15) is 5.76 Å². The van der Waals surface area contributed by atoms with Crippen molar-refractivity contribution in [2.45, 2.75) is 6.54 Å². The maximum Gasteiger partial charge on any atom is 0.371 e. The fourth-order valence-electron chi connectivity index (χ4n) is 1.52. The van der Waals surface area contributed by atoms with Crippen LogP contribution in [0, 0.1) is 0 Å². The topological polar surface area (TPSA) is 79.5 Å². The van der Waals surface area contributed by atoms with Gasteiger partial charge in [-0.05, 0) is 46.3 Å². The lowest BCUT2D eigenvalue weighted by Gasteiger charge is -2.05. The van der Waals surface area contributed by atoms with Crippen LogP contribution in [0.1, 0.15) is 26.7 Å². The molecular weight excluding hydrogens is 350 g/mol. The fourth-order valence-corrected chi connectivity index (χ4v) is 2.39. The van der Waals surface area contributed by atoms with Crippen molar-refractivity contribution in [3.63, 3.8) is 0 Å². The van der Waals surface area contributed by atoms with Crippen molar-refractivity contribution >= 4 is 39.4 Å². The van der Waals surface area contributed by atoms with E-state index in [2.05, 4.69) is 21.2 Å². The highest BCUT2D eigenvalue weighted by atomic mass is 79.9. The van der Waals surface area contributed by atoms with Gasteiger partial charge in [-0.15, -0.1) is 0 Å². The van der Waals surface area contributed by atoms with Crippen LogP contribution in [0.2, 0.25) is 5.02 Å². The van der Waals surface area contributed by atoms with Crippen LogP contribution in [0.4, 0.5) is 0 Å². The minimum Gasteiger partial charge on any atom is -0.475 e. The molecule has 0 atom stereocenters. The lowest BCUT2D eigenvalue weighted by atomic mass is 10.2. The Morgan fingerprint density at radius 3 is 2.65 bits per heavy atom. The molecule has 7 heteroatoms. The molecule has 2 N–H and O–H groups in total. The zero-order valence-corrected chi connectivity index (χ0v) is 12.4. The summed E-state index contributed by atoms with van der Waals surface area (Å²) < 4.78 is 5.61. The highest BCUT2D eigenvalue weighted by Crippen LogP contribution is 2.21. The summed E-state index contributed by atoms with van der Waals surface area (Å²) in [6, 6.07) is 7.65. The SMILES string of the molecule is O=C(O)c1ccc(CNC(=O)c2ccc(Cl)cc2Br)o1. The van der Waals surface area contributed by atoms with Gasteiger partial charge >= 0.3 is 5.97 Å². The van der Waals surface area contributed by atoms with Gasteiger partial charge < -0.3 is 14.8 Å². The molecule has 20 heavy (non-hydrogen) atoms. The molecule has 2 rings (SSSR count). The van der Waals surface area contributed by atoms with E-state index in [9.17, 15) is 9.59 Å². The molecule has 0 saturated heterocycles. The molecule has 0 radical (unpaired) electrons. The molecule has 0 aliphatic heterocycles. The quantitative estimate of drug-likeness (QED) is 0.878. The van der Waals surface area contributed by atoms with Gasteiger partial charge in [0.25, 0.3) is 5.91 Å². The van der Waals surface area contributed by atoms with Crippen molar-refractivity contribution in [3.05, 3.63) is 56.9 Å². The van der Waals surface area contributed by atoms with E-state index in [1.54, 1.807) is 18.2 Å². The predicted octanol–water partition coefficient (Wildman–Crippen LogP) is 3.32. The van der Waals surface area contributed by atoms with Crippen LogP contribution in [-0.2, 0) is 6.54 Å². The van der Waals surface area contributed by atoms with Crippen LogP contribution in [0.15, 0.2) is 39.2 Å². The zero-order chi connectivity index (χ0) is 14.7. The molecule has 2 aromatic rings. The standard InChI is InChI=1S/C13H9BrClNO4/c14-10-5-7(15)1-3-9(10)12(17)16-6-8-2-4-11(20-8)13(18)19/h1-5H,6H2,(H,16,17)(H,18,19). The number of carboxylic acid groups (broad SMARTS) is 1. The number of aromatic carboxylic acids is 1. The van der Waals surface area contributed by atoms with Crippen molar-refractivity contribution < 1.29 is 19.1 Å². The van der Waals surface area contributed by atoms with E-state index in [0.717, 1.165) is 0 Å². The maximum absolute atomic E-state index is 11.9. The van der Waals surface area contributed by atoms with Crippen molar-refractivity contribution in [2.24, 2.45) is 0 Å². The molecule has 0 saturated carbocycles. The lowest BCUT2D eigenvalue weighted by molar-refractivity contribution is 0.0660. The number of rotatable bonds is 4. The van der Waals surface area contributed by atoms with Gasteiger partial charge in [0.2, 0.25) is 5.76 Å². The second kappa shape index (κ2) is 6.11. The largest absolute Gasteiger partial charge is 0.475 e. The summed E-state index contributed by atoms with van der Waals surface area (Å²) in [5.74, 6) is -1.27. The van der Waals surface area contributed by atoms with E-state index in [4.69, 9.17) is 21.1 Å². The molecule has 5 nitrogen and oxygen atoms in total. The first-order valence-electron chi connectivity index (χ1n) is 5.52. The smallest absolute Gasteiger partial charge is 0.371 e. The Morgan fingerprint density at radius 1 is 1.30 bits per heavy atom. The van der Waals surface area contributed by atoms with Crippen LogP contribution < -0.4 is 5.32 Å². The van der Waals surface area contributed by atoms with Gasteiger partial charge in [0.15, 0.2) is 0 Å². The maximum atomic E-state index is 11.9. The highest BCUT2D eigenvalue weighted by molar-refractivity contribution is 9.10. The van der Waals surface area contributed by atoms with Gasteiger partial charge in [-0.3, -0.25) is 4.79 Å². The average Bonchev–Trinajstić information content (AvgIpc) is 2.85. The van der Waals surface area contributed by atoms with Gasteiger partial charge in [-0.2, -0.15) is 0 Å². The summed E-state index contributed by atoms with van der Waals surface area (Å²) in [4.78, 5) is 22.6. The van der Waals surface area contributed by atoms with Crippen molar-refractivity contribution in [1.82, 2.24) is 5.32 Å². The normalized spacial score (nSPS) is 10.3. The Labute approximate surface area is 127 Å². The summed E-state index contributed by atoms with van der Waals surface area (Å²) in [6.07, 6.45) is 0. The van der Waals surface area contributed by atoms with Gasteiger partial charge in [0.05, 0.1) is 12.1 Å². The van der Waals surface area contributed by atoms with E-state index in [1.807, 2.05) is 0 Å². The van der Waals surface area contributed by atoms with Gasteiger partial charge in [0, 0.05) is 9.50 Å². The number of carbonyl (C=O) groups excluding carboxylic acids is 1. The molecule has 0 spiro atoms. The van der Waals surface area contributed by atoms with Crippen LogP contribution >= 0.6 is 27.5 Å². The van der Waals surface area contributed by atoms with Crippen molar-refractivity contribution in [2.75, 3.05) is 0 Å². The van der Waals surface area contributed by atoms with Crippen molar-refractivity contribution in [1.29, 1.82) is 0 Å². The Hall–Kier alpha value is -1.79. The van der Waals surface area contributed by atoms with Crippen LogP contribution in [-0.4, -0.2) is 17.0 Å². The molecule has 0 fully saturated rings. The number of benzene rings is 1. The van der Waals surface area contributed by atoms with Crippen LogP contribution in [0.5, 0.6) is 0 Å². The Balaban J connectivity index is 2.02. The molecule has 1 amide bonds. The number of amides is 1. The third-order valence-electron chi connectivity index (χ3n) is 2.47. The summed E-state index contributed by atoms with van der Waals surface area (Å²) in [7, 11) is 0. The minimum absolute atomic E-state index is 0.0984. The molecule has 1 aromatic carbocycles. The van der Waals surface area contributed by atoms with E-state index >= 15 is 0 Å². The van der Waals surface area contributed by atoms with Crippen molar-refractivity contribution in [3.8, 4) is 0 Å². The van der Waals surface area contributed by atoms with E-state index in [0.29, 0.717) is 20.8 Å². The molecular formula is C13H9BrClNO4. The third-order valence-corrected chi connectivity index (χ3v) is 3.36. The monoisotopic (exact) mass is 357 g/mol. The number of nitrogens with one attached hydrogen (secondary N) is 1. The number of carboxylic acids is 1. The lowest BCUT2D eigenvalue weighted by Crippen LogP contribution is -2.22. The first-order valence-corrected chi connectivity index (χ1v) is 6.69. The Bertz CT molecular complexity index is 668. The molecule has 0 bridgehead atoms. The first-order chi connectivity index (χ1) is 9.47. The summed E-state index contributed by atoms with van der Waals surface area (Å²) in [5.41, 5.74) is 0.430. The number of hydrogen-bond acceptors (Lipinski definition) is 3. The first kappa shape index (κ1) is 14.6. The fraction of sp³-hybridized carbons (Fsp3) is 0.0769. The summed E-state index contributed by atoms with van der Waals surface area (Å²) in [6.45, 7) is 0.0984. The van der Waals surface area contributed by atoms with Crippen LogP contribution in [0.25, 0.3) is 0 Å². The number of furan rings is 1. The minimum atomic E-state index is -1.15. The Kier molecular flexibility index (Phi) is 4.46. The highest BCUT2D eigenvalue weighted by Gasteiger charge is 2.12. The molecule has 0 aliphatic rings. The molecule has 1 aromatic heterocycles. The summed E-state index contributed by atoms with van der Waals surface area (Å²) in [5, 5.41) is 11.9. The average molecular weight is 359 g/mol. The molecule has 104 valence electrons. The van der Waals surface area contributed by atoms with E-state index < -0.39 is 5.97 Å². The zero-order valence-electron chi connectivity index (χ0n) is 10.0. The second-order valence-corrected chi connectivity index (χ2v) is 5.17. The number of halogens is 2. The third kappa shape index (κ3) is 3.40.